The molecular formula is C12H15F4N3O2. The molecule has 0 spiro atoms. The van der Waals surface area contributed by atoms with Crippen LogP contribution in [-0.4, -0.2) is 43.1 Å². The van der Waals surface area contributed by atoms with Crippen molar-refractivity contribution in [3.05, 3.63) is 29.8 Å². The van der Waals surface area contributed by atoms with E-state index in [2.05, 4.69) is 10.5 Å². The van der Waals surface area contributed by atoms with E-state index in [0.29, 0.717) is 11.3 Å². The van der Waals surface area contributed by atoms with Gasteiger partial charge < -0.3 is 21.0 Å². The Hall–Kier alpha value is -2.03. The molecule has 0 saturated heterocycles. The summed E-state index contributed by atoms with van der Waals surface area (Å²) in [5.74, 6) is -3.67. The number of hydrogen-bond acceptors (Lipinski definition) is 4. The van der Waals surface area contributed by atoms with Crippen LogP contribution in [0.3, 0.4) is 0 Å². The zero-order valence-electron chi connectivity index (χ0n) is 10.9. The van der Waals surface area contributed by atoms with E-state index >= 15 is 0 Å². The summed E-state index contributed by atoms with van der Waals surface area (Å²) in [6, 6.07) is 6.17. The Morgan fingerprint density at radius 2 is 1.95 bits per heavy atom. The highest BCUT2D eigenvalue weighted by Gasteiger charge is 2.39. The lowest BCUT2D eigenvalue weighted by atomic mass is 10.2. The first-order valence-electron chi connectivity index (χ1n) is 5.94. The van der Waals surface area contributed by atoms with Crippen LogP contribution in [-0.2, 0) is 0 Å². The van der Waals surface area contributed by atoms with Crippen LogP contribution in [0.15, 0.2) is 29.4 Å². The molecule has 0 atom stereocenters. The van der Waals surface area contributed by atoms with Crippen molar-refractivity contribution in [3.8, 4) is 5.75 Å². The van der Waals surface area contributed by atoms with Gasteiger partial charge in [-0.25, -0.2) is 8.78 Å². The lowest BCUT2D eigenvalue weighted by molar-refractivity contribution is -0.125. The molecule has 9 heteroatoms. The van der Waals surface area contributed by atoms with Crippen molar-refractivity contribution in [3.63, 3.8) is 0 Å². The summed E-state index contributed by atoms with van der Waals surface area (Å²) in [7, 11) is 0. The summed E-state index contributed by atoms with van der Waals surface area (Å²) in [6.45, 7) is -1.09. The van der Waals surface area contributed by atoms with Crippen LogP contribution in [0, 0.1) is 0 Å². The predicted molar refractivity (Wildman–Crippen MR) is 68.3 cm³/mol. The Labute approximate surface area is 118 Å². The summed E-state index contributed by atoms with van der Waals surface area (Å²) in [5, 5.41) is 13.5. The molecule has 0 aliphatic heterocycles. The van der Waals surface area contributed by atoms with Gasteiger partial charge in [-0.2, -0.15) is 8.78 Å². The fourth-order valence-corrected chi connectivity index (χ4v) is 1.35. The third-order valence-corrected chi connectivity index (χ3v) is 2.49. The van der Waals surface area contributed by atoms with Crippen molar-refractivity contribution in [2.75, 3.05) is 19.7 Å². The molecule has 118 valence electrons. The van der Waals surface area contributed by atoms with Gasteiger partial charge in [0.25, 0.3) is 0 Å². The van der Waals surface area contributed by atoms with E-state index < -0.39 is 18.9 Å². The zero-order chi connectivity index (χ0) is 15.9. The first kappa shape index (κ1) is 17.0. The van der Waals surface area contributed by atoms with Crippen LogP contribution < -0.4 is 15.8 Å². The Kier molecular flexibility index (Phi) is 6.22. The number of benzene rings is 1. The number of nitrogens with one attached hydrogen (secondary N) is 1. The van der Waals surface area contributed by atoms with E-state index in [-0.39, 0.29) is 19.0 Å². The number of alkyl halides is 4. The van der Waals surface area contributed by atoms with Crippen molar-refractivity contribution in [2.24, 2.45) is 10.9 Å². The van der Waals surface area contributed by atoms with E-state index in [0.717, 1.165) is 0 Å². The largest absolute Gasteiger partial charge is 0.492 e. The Bertz CT molecular complexity index is 466. The van der Waals surface area contributed by atoms with Crippen molar-refractivity contribution in [1.82, 2.24) is 5.32 Å². The molecule has 0 amide bonds. The molecule has 0 aromatic heterocycles. The lowest BCUT2D eigenvalue weighted by Crippen LogP contribution is -2.40. The number of nitrogens with zero attached hydrogens (tertiary/aromatic N) is 1. The Balaban J connectivity index is 2.30. The van der Waals surface area contributed by atoms with Crippen molar-refractivity contribution < 1.29 is 27.5 Å². The van der Waals surface area contributed by atoms with Gasteiger partial charge in [0.15, 0.2) is 5.84 Å². The third kappa shape index (κ3) is 5.46. The minimum atomic E-state index is -4.05. The average molecular weight is 309 g/mol. The highest BCUT2D eigenvalue weighted by atomic mass is 19.3. The first-order valence-corrected chi connectivity index (χ1v) is 5.94. The van der Waals surface area contributed by atoms with Gasteiger partial charge in [0, 0.05) is 12.1 Å². The number of ether oxygens (including phenoxy) is 1. The molecule has 0 bridgehead atoms. The van der Waals surface area contributed by atoms with E-state index in [1.54, 1.807) is 24.3 Å². The first-order chi connectivity index (χ1) is 9.86. The lowest BCUT2D eigenvalue weighted by Gasteiger charge is -2.15. The summed E-state index contributed by atoms with van der Waals surface area (Å²) < 4.78 is 54.0. The van der Waals surface area contributed by atoms with Gasteiger partial charge in [0.2, 0.25) is 0 Å². The number of amidine groups is 1. The van der Waals surface area contributed by atoms with E-state index in [1.165, 1.54) is 0 Å². The third-order valence-electron chi connectivity index (χ3n) is 2.49. The summed E-state index contributed by atoms with van der Waals surface area (Å²) in [5.41, 5.74) is 5.85. The van der Waals surface area contributed by atoms with E-state index in [1.807, 2.05) is 0 Å². The number of nitrogens with two attached hydrogens (primary N) is 1. The topological polar surface area (TPSA) is 79.9 Å². The quantitative estimate of drug-likeness (QED) is 0.170. The van der Waals surface area contributed by atoms with Gasteiger partial charge in [0.05, 0.1) is 6.54 Å². The maximum atomic E-state index is 12.6. The molecule has 0 fully saturated rings. The van der Waals surface area contributed by atoms with Crippen LogP contribution >= 0.6 is 0 Å². The summed E-state index contributed by atoms with van der Waals surface area (Å²) in [4.78, 5) is 0. The van der Waals surface area contributed by atoms with Crippen LogP contribution in [0.1, 0.15) is 5.56 Å². The number of halogens is 4. The van der Waals surface area contributed by atoms with Crippen LogP contribution in [0.5, 0.6) is 5.75 Å². The molecule has 5 nitrogen and oxygen atoms in total. The van der Waals surface area contributed by atoms with Gasteiger partial charge in [-0.05, 0) is 24.3 Å². The Morgan fingerprint density at radius 1 is 1.33 bits per heavy atom. The zero-order valence-corrected chi connectivity index (χ0v) is 10.9. The molecule has 0 heterocycles. The normalized spacial score (nSPS) is 12.7. The Morgan fingerprint density at radius 3 is 2.48 bits per heavy atom. The predicted octanol–water partition coefficient (Wildman–Crippen LogP) is 1.65. The highest BCUT2D eigenvalue weighted by molar-refractivity contribution is 5.97. The van der Waals surface area contributed by atoms with Crippen molar-refractivity contribution in [1.29, 1.82) is 0 Å². The average Bonchev–Trinajstić information content (AvgIpc) is 2.46. The SMILES string of the molecule is N/C(=N/O)c1ccc(OCCNCC(F)(F)C(F)F)cc1. The highest BCUT2D eigenvalue weighted by Crippen LogP contribution is 2.21. The second-order valence-electron chi connectivity index (χ2n) is 4.10. The number of hydrogen-bond donors (Lipinski definition) is 3. The summed E-state index contributed by atoms with van der Waals surface area (Å²) >= 11 is 0. The molecule has 21 heavy (non-hydrogen) atoms. The second kappa shape index (κ2) is 7.67. The molecule has 0 radical (unpaired) electrons. The number of rotatable bonds is 8. The fourth-order valence-electron chi connectivity index (χ4n) is 1.35. The molecule has 1 aromatic carbocycles. The smallest absolute Gasteiger partial charge is 0.319 e. The molecule has 0 saturated carbocycles. The molecule has 0 aliphatic carbocycles. The maximum Gasteiger partial charge on any atom is 0.319 e. The van der Waals surface area contributed by atoms with Gasteiger partial charge in [-0.3, -0.25) is 0 Å². The van der Waals surface area contributed by atoms with Crippen LogP contribution in [0.4, 0.5) is 17.6 Å². The van der Waals surface area contributed by atoms with Crippen LogP contribution in [0.2, 0.25) is 0 Å². The van der Waals surface area contributed by atoms with Gasteiger partial charge in [-0.15, -0.1) is 0 Å². The van der Waals surface area contributed by atoms with Crippen molar-refractivity contribution in [2.45, 2.75) is 12.3 Å². The molecule has 1 rings (SSSR count). The van der Waals surface area contributed by atoms with E-state index in [9.17, 15) is 17.6 Å². The molecule has 0 unspecified atom stereocenters. The van der Waals surface area contributed by atoms with Gasteiger partial charge in [-0.1, -0.05) is 5.16 Å². The molecular weight excluding hydrogens is 294 g/mol. The molecule has 1 aromatic rings. The number of oxime groups is 1. The second-order valence-corrected chi connectivity index (χ2v) is 4.10. The maximum absolute atomic E-state index is 12.6. The summed E-state index contributed by atoms with van der Waals surface area (Å²) in [6.07, 6.45) is -3.70. The minimum absolute atomic E-state index is 0.00962. The standard InChI is InChI=1S/C12H15F4N3O2/c13-11(14)12(15,16)7-18-5-6-21-9-3-1-8(2-4-9)10(17)19-20/h1-4,11,18,20H,5-7H2,(H2,17,19). The van der Waals surface area contributed by atoms with Gasteiger partial charge >= 0.3 is 12.3 Å². The van der Waals surface area contributed by atoms with Crippen LogP contribution in [0.25, 0.3) is 0 Å². The van der Waals surface area contributed by atoms with Gasteiger partial charge in [0.1, 0.15) is 12.4 Å². The molecule has 4 N–H and O–H groups in total. The molecule has 0 aliphatic rings. The monoisotopic (exact) mass is 309 g/mol. The minimum Gasteiger partial charge on any atom is -0.492 e. The van der Waals surface area contributed by atoms with E-state index in [4.69, 9.17) is 15.7 Å². The fraction of sp³-hybridized carbons (Fsp3) is 0.417. The van der Waals surface area contributed by atoms with Crippen molar-refractivity contribution >= 4 is 5.84 Å².